The topological polar surface area (TPSA) is 27.7 Å². The molecule has 1 fully saturated rings. The van der Waals surface area contributed by atoms with Crippen LogP contribution in [-0.2, 0) is 10.6 Å². The zero-order valence-corrected chi connectivity index (χ0v) is 13.2. The van der Waals surface area contributed by atoms with E-state index < -0.39 is 0 Å². The molecule has 1 unspecified atom stereocenters. The van der Waals surface area contributed by atoms with E-state index >= 15 is 0 Å². The van der Waals surface area contributed by atoms with Gasteiger partial charge in [0.25, 0.3) is 0 Å². The van der Waals surface area contributed by atoms with Gasteiger partial charge in [0.15, 0.2) is 11.5 Å². The Morgan fingerprint density at radius 1 is 1.40 bits per heavy atom. The number of benzene rings is 1. The van der Waals surface area contributed by atoms with Crippen molar-refractivity contribution in [2.75, 3.05) is 20.3 Å². The quantitative estimate of drug-likeness (QED) is 0.550. The Morgan fingerprint density at radius 3 is 2.90 bits per heavy atom. The van der Waals surface area contributed by atoms with E-state index in [-0.39, 0.29) is 0 Å². The van der Waals surface area contributed by atoms with Gasteiger partial charge < -0.3 is 14.2 Å². The van der Waals surface area contributed by atoms with Crippen molar-refractivity contribution >= 4 is 23.2 Å². The molecule has 0 amide bonds. The Kier molecular flexibility index (Phi) is 6.27. The second kappa shape index (κ2) is 7.96. The maximum absolute atomic E-state index is 6.02. The van der Waals surface area contributed by atoms with E-state index in [2.05, 4.69) is 0 Å². The van der Waals surface area contributed by atoms with Crippen molar-refractivity contribution in [3.63, 3.8) is 0 Å². The molecule has 1 aromatic rings. The monoisotopic (exact) mass is 318 g/mol. The van der Waals surface area contributed by atoms with Crippen molar-refractivity contribution in [2.45, 2.75) is 37.7 Å². The minimum absolute atomic E-state index is 0.345. The summed E-state index contributed by atoms with van der Waals surface area (Å²) in [5, 5.41) is 0.601. The van der Waals surface area contributed by atoms with Crippen LogP contribution in [-0.4, -0.2) is 26.4 Å². The molecule has 20 heavy (non-hydrogen) atoms. The van der Waals surface area contributed by atoms with Crippen LogP contribution in [0.4, 0.5) is 0 Å². The van der Waals surface area contributed by atoms with Crippen LogP contribution in [0.2, 0.25) is 5.02 Å². The Hall–Kier alpha value is -0.640. The SMILES string of the molecule is COc1cc(Cl)cc(CCl)c1OCCCC1CCCO1. The zero-order valence-electron chi connectivity index (χ0n) is 11.7. The highest BCUT2D eigenvalue weighted by Crippen LogP contribution is 2.35. The first-order valence-corrected chi connectivity index (χ1v) is 7.82. The van der Waals surface area contributed by atoms with Crippen molar-refractivity contribution < 1.29 is 14.2 Å². The van der Waals surface area contributed by atoms with Crippen molar-refractivity contribution in [1.82, 2.24) is 0 Å². The molecule has 0 saturated carbocycles. The molecule has 0 radical (unpaired) electrons. The Bertz CT molecular complexity index is 406. The van der Waals surface area contributed by atoms with Crippen LogP contribution in [0.15, 0.2) is 12.1 Å². The van der Waals surface area contributed by atoms with Crippen LogP contribution in [0.1, 0.15) is 31.2 Å². The molecule has 0 N–H and O–H groups in total. The minimum atomic E-state index is 0.345. The molecule has 0 aromatic heterocycles. The van der Waals surface area contributed by atoms with Gasteiger partial charge in [-0.15, -0.1) is 11.6 Å². The molecule has 3 nitrogen and oxygen atoms in total. The van der Waals surface area contributed by atoms with E-state index in [0.29, 0.717) is 35.1 Å². The van der Waals surface area contributed by atoms with E-state index in [1.54, 1.807) is 13.2 Å². The van der Waals surface area contributed by atoms with Gasteiger partial charge in [0.2, 0.25) is 0 Å². The van der Waals surface area contributed by atoms with Gasteiger partial charge >= 0.3 is 0 Å². The van der Waals surface area contributed by atoms with E-state index in [1.807, 2.05) is 6.07 Å². The predicted molar refractivity (Wildman–Crippen MR) is 81.3 cm³/mol. The fourth-order valence-electron chi connectivity index (χ4n) is 2.39. The summed E-state index contributed by atoms with van der Waals surface area (Å²) in [7, 11) is 1.60. The molecule has 1 heterocycles. The van der Waals surface area contributed by atoms with Gasteiger partial charge in [0.05, 0.1) is 25.7 Å². The van der Waals surface area contributed by atoms with E-state index in [0.717, 1.165) is 31.4 Å². The highest BCUT2D eigenvalue weighted by molar-refractivity contribution is 6.31. The summed E-state index contributed by atoms with van der Waals surface area (Å²) < 4.78 is 16.7. The van der Waals surface area contributed by atoms with Crippen molar-refractivity contribution in [3.8, 4) is 11.5 Å². The maximum atomic E-state index is 6.02. The van der Waals surface area contributed by atoms with Crippen molar-refractivity contribution in [3.05, 3.63) is 22.7 Å². The molecule has 1 atom stereocenters. The van der Waals surface area contributed by atoms with Crippen LogP contribution in [0.5, 0.6) is 11.5 Å². The third-order valence-electron chi connectivity index (χ3n) is 3.40. The van der Waals surface area contributed by atoms with E-state index in [4.69, 9.17) is 37.4 Å². The largest absolute Gasteiger partial charge is 0.493 e. The fraction of sp³-hybridized carbons (Fsp3) is 0.600. The van der Waals surface area contributed by atoms with Gasteiger partial charge in [-0.2, -0.15) is 0 Å². The minimum Gasteiger partial charge on any atom is -0.493 e. The molecule has 0 spiro atoms. The summed E-state index contributed by atoms with van der Waals surface area (Å²) in [6, 6.07) is 3.56. The maximum Gasteiger partial charge on any atom is 0.165 e. The van der Waals surface area contributed by atoms with Gasteiger partial charge in [-0.1, -0.05) is 11.6 Å². The fourth-order valence-corrected chi connectivity index (χ4v) is 2.82. The highest BCUT2D eigenvalue weighted by atomic mass is 35.5. The predicted octanol–water partition coefficient (Wildman–Crippen LogP) is 4.43. The third-order valence-corrected chi connectivity index (χ3v) is 3.91. The number of hydrogen-bond donors (Lipinski definition) is 0. The van der Waals surface area contributed by atoms with Gasteiger partial charge in [0, 0.05) is 23.3 Å². The Balaban J connectivity index is 1.90. The van der Waals surface area contributed by atoms with Crippen LogP contribution in [0.25, 0.3) is 0 Å². The lowest BCUT2D eigenvalue weighted by Gasteiger charge is -2.15. The molecular weight excluding hydrogens is 299 g/mol. The average Bonchev–Trinajstić information content (AvgIpc) is 2.97. The summed E-state index contributed by atoms with van der Waals surface area (Å²) in [6.07, 6.45) is 4.73. The molecule has 1 aliphatic heterocycles. The van der Waals surface area contributed by atoms with Crippen LogP contribution in [0, 0.1) is 0 Å². The lowest BCUT2D eigenvalue weighted by Crippen LogP contribution is -2.08. The van der Waals surface area contributed by atoms with Gasteiger partial charge in [-0.05, 0) is 31.7 Å². The summed E-state index contributed by atoms with van der Waals surface area (Å²) in [5.41, 5.74) is 0.855. The van der Waals surface area contributed by atoms with E-state index in [9.17, 15) is 0 Å². The number of ether oxygens (including phenoxy) is 3. The third kappa shape index (κ3) is 4.18. The highest BCUT2D eigenvalue weighted by Gasteiger charge is 2.16. The number of rotatable bonds is 7. The molecule has 0 bridgehead atoms. The lowest BCUT2D eigenvalue weighted by molar-refractivity contribution is 0.0979. The summed E-state index contributed by atoms with van der Waals surface area (Å²) in [5.74, 6) is 1.67. The smallest absolute Gasteiger partial charge is 0.165 e. The zero-order chi connectivity index (χ0) is 14.4. The first-order chi connectivity index (χ1) is 9.74. The first-order valence-electron chi connectivity index (χ1n) is 6.91. The van der Waals surface area contributed by atoms with Gasteiger partial charge in [-0.25, -0.2) is 0 Å². The van der Waals surface area contributed by atoms with Crippen molar-refractivity contribution in [2.24, 2.45) is 0 Å². The summed E-state index contributed by atoms with van der Waals surface area (Å²) in [6.45, 7) is 1.52. The second-order valence-corrected chi connectivity index (χ2v) is 5.56. The Morgan fingerprint density at radius 2 is 2.25 bits per heavy atom. The molecular formula is C15H20Cl2O3. The Labute approximate surface area is 130 Å². The number of methoxy groups -OCH3 is 1. The first kappa shape index (κ1) is 15.7. The summed E-state index contributed by atoms with van der Waals surface area (Å²) in [4.78, 5) is 0. The number of hydrogen-bond acceptors (Lipinski definition) is 3. The second-order valence-electron chi connectivity index (χ2n) is 4.86. The molecule has 1 aromatic carbocycles. The van der Waals surface area contributed by atoms with Crippen LogP contribution >= 0.6 is 23.2 Å². The summed E-state index contributed by atoms with van der Waals surface area (Å²) >= 11 is 12.0. The standard InChI is InChI=1S/C15H20Cl2O3/c1-18-14-9-12(17)8-11(10-16)15(14)20-7-3-5-13-4-2-6-19-13/h8-9,13H,2-7,10H2,1H3. The molecule has 2 rings (SSSR count). The average molecular weight is 319 g/mol. The van der Waals surface area contributed by atoms with Crippen LogP contribution in [0.3, 0.4) is 0 Å². The molecule has 112 valence electrons. The molecule has 1 saturated heterocycles. The van der Waals surface area contributed by atoms with Gasteiger partial charge in [0.1, 0.15) is 0 Å². The molecule has 1 aliphatic rings. The number of alkyl halides is 1. The van der Waals surface area contributed by atoms with Crippen LogP contribution < -0.4 is 9.47 Å². The lowest BCUT2D eigenvalue weighted by atomic mass is 10.1. The van der Waals surface area contributed by atoms with Gasteiger partial charge in [-0.3, -0.25) is 0 Å². The number of halogens is 2. The molecule has 0 aliphatic carbocycles. The normalized spacial score (nSPS) is 18.2. The van der Waals surface area contributed by atoms with Crippen molar-refractivity contribution in [1.29, 1.82) is 0 Å². The molecule has 5 heteroatoms. The van der Waals surface area contributed by atoms with E-state index in [1.165, 1.54) is 6.42 Å².